The van der Waals surface area contributed by atoms with Gasteiger partial charge in [-0.1, -0.05) is 6.07 Å². The lowest BCUT2D eigenvalue weighted by Gasteiger charge is -2.23. The molecular weight excluding hydrogens is 242 g/mol. The summed E-state index contributed by atoms with van der Waals surface area (Å²) in [6.45, 7) is 5.20. The summed E-state index contributed by atoms with van der Waals surface area (Å²) in [6.07, 6.45) is 2.01. The number of carbonyl (C=O) groups excluding carboxylic acids is 1. The molecule has 0 aliphatic carbocycles. The minimum absolute atomic E-state index is 0.0793. The zero-order valence-electron chi connectivity index (χ0n) is 11.7. The Kier molecular flexibility index (Phi) is 3.75. The number of aromatic nitrogens is 1. The zero-order chi connectivity index (χ0) is 14.0. The van der Waals surface area contributed by atoms with Crippen LogP contribution in [0.1, 0.15) is 31.9 Å². The third-order valence-electron chi connectivity index (χ3n) is 3.83. The molecule has 0 aromatic carbocycles. The molecule has 1 aliphatic heterocycles. The second kappa shape index (κ2) is 5.17. The van der Waals surface area contributed by atoms with E-state index in [4.69, 9.17) is 0 Å². The molecule has 2 unspecified atom stereocenters. The van der Waals surface area contributed by atoms with Crippen LogP contribution in [0.3, 0.4) is 0 Å². The second-order valence-electron chi connectivity index (χ2n) is 5.44. The smallest absolute Gasteiger partial charge is 0.227 e. The van der Waals surface area contributed by atoms with Gasteiger partial charge in [-0.25, -0.2) is 4.98 Å². The normalized spacial score (nSPS) is 24.3. The Morgan fingerprint density at radius 2 is 2.32 bits per heavy atom. The summed E-state index contributed by atoms with van der Waals surface area (Å²) in [5.74, 6) is 0.938. The van der Waals surface area contributed by atoms with Gasteiger partial charge in [0.2, 0.25) is 5.91 Å². The fourth-order valence-corrected chi connectivity index (χ4v) is 2.48. The van der Waals surface area contributed by atoms with E-state index in [9.17, 15) is 9.90 Å². The van der Waals surface area contributed by atoms with Gasteiger partial charge in [0.15, 0.2) is 0 Å². The van der Waals surface area contributed by atoms with Crippen LogP contribution in [0.15, 0.2) is 18.3 Å². The van der Waals surface area contributed by atoms with E-state index in [1.807, 2.05) is 19.1 Å². The molecular formula is C14H21N3O2. The quantitative estimate of drug-likeness (QED) is 0.857. The molecule has 0 radical (unpaired) electrons. The predicted octanol–water partition coefficient (Wildman–Crippen LogP) is 1.10. The first-order valence-corrected chi connectivity index (χ1v) is 6.57. The van der Waals surface area contributed by atoms with Crippen molar-refractivity contribution < 1.29 is 9.90 Å². The van der Waals surface area contributed by atoms with Crippen molar-refractivity contribution in [2.75, 3.05) is 25.0 Å². The molecule has 2 heterocycles. The first-order chi connectivity index (χ1) is 8.96. The molecule has 2 N–H and O–H groups in total. The Bertz CT molecular complexity index is 458. The van der Waals surface area contributed by atoms with Crippen molar-refractivity contribution in [2.45, 2.75) is 26.4 Å². The maximum absolute atomic E-state index is 11.9. The van der Waals surface area contributed by atoms with Crippen LogP contribution < -0.4 is 10.2 Å². The highest BCUT2D eigenvalue weighted by Gasteiger charge is 2.40. The molecule has 0 saturated carbocycles. The third-order valence-corrected chi connectivity index (χ3v) is 3.83. The van der Waals surface area contributed by atoms with Crippen LogP contribution in [0, 0.1) is 5.41 Å². The highest BCUT2D eigenvalue weighted by Crippen LogP contribution is 2.32. The van der Waals surface area contributed by atoms with Gasteiger partial charge in [0.05, 0.1) is 11.5 Å². The van der Waals surface area contributed by atoms with E-state index in [-0.39, 0.29) is 11.3 Å². The summed E-state index contributed by atoms with van der Waals surface area (Å²) in [5, 5.41) is 12.2. The number of nitrogens with one attached hydrogen (secondary N) is 1. The summed E-state index contributed by atoms with van der Waals surface area (Å²) >= 11 is 0. The zero-order valence-corrected chi connectivity index (χ0v) is 11.7. The minimum Gasteiger partial charge on any atom is -0.389 e. The van der Waals surface area contributed by atoms with Crippen molar-refractivity contribution >= 4 is 11.7 Å². The van der Waals surface area contributed by atoms with Crippen molar-refractivity contribution in [2.24, 2.45) is 5.41 Å². The number of pyridine rings is 1. The van der Waals surface area contributed by atoms with E-state index in [0.717, 1.165) is 24.3 Å². The Hall–Kier alpha value is -1.62. The summed E-state index contributed by atoms with van der Waals surface area (Å²) < 4.78 is 0. The summed E-state index contributed by atoms with van der Waals surface area (Å²) in [7, 11) is 1.67. The molecule has 104 valence electrons. The van der Waals surface area contributed by atoms with E-state index in [2.05, 4.69) is 15.2 Å². The number of nitrogens with zero attached hydrogens (tertiary/aromatic N) is 2. The van der Waals surface area contributed by atoms with Gasteiger partial charge < -0.3 is 15.3 Å². The molecule has 1 aliphatic rings. The van der Waals surface area contributed by atoms with Crippen LogP contribution in [-0.2, 0) is 4.79 Å². The van der Waals surface area contributed by atoms with Crippen molar-refractivity contribution in [3.8, 4) is 0 Å². The van der Waals surface area contributed by atoms with Crippen LogP contribution in [0.25, 0.3) is 0 Å². The molecule has 19 heavy (non-hydrogen) atoms. The maximum Gasteiger partial charge on any atom is 0.227 e. The van der Waals surface area contributed by atoms with Crippen LogP contribution in [0.4, 0.5) is 5.82 Å². The lowest BCUT2D eigenvalue weighted by atomic mass is 9.89. The lowest BCUT2D eigenvalue weighted by molar-refractivity contribution is -0.128. The monoisotopic (exact) mass is 263 g/mol. The number of aliphatic hydroxyl groups is 1. The lowest BCUT2D eigenvalue weighted by Crippen LogP contribution is -2.39. The van der Waals surface area contributed by atoms with Crippen LogP contribution >= 0.6 is 0 Å². The summed E-state index contributed by atoms with van der Waals surface area (Å²) in [5.41, 5.74) is 0.455. The van der Waals surface area contributed by atoms with Gasteiger partial charge in [0.25, 0.3) is 0 Å². The first kappa shape index (κ1) is 13.8. The topological polar surface area (TPSA) is 65.5 Å². The van der Waals surface area contributed by atoms with E-state index in [1.54, 1.807) is 20.2 Å². The maximum atomic E-state index is 11.9. The van der Waals surface area contributed by atoms with Gasteiger partial charge >= 0.3 is 0 Å². The van der Waals surface area contributed by atoms with Gasteiger partial charge in [0, 0.05) is 26.3 Å². The Morgan fingerprint density at radius 3 is 2.84 bits per heavy atom. The standard InChI is InChI=1S/C14H21N3O2/c1-10(18)11-4-5-12(16-8-11)17-7-6-14(2,9-17)13(19)15-3/h4-5,8,10,18H,6-7,9H2,1-3H3,(H,15,19). The highest BCUT2D eigenvalue weighted by molar-refractivity contribution is 5.83. The molecule has 1 aromatic heterocycles. The Labute approximate surface area is 113 Å². The molecule has 5 heteroatoms. The molecule has 2 atom stereocenters. The molecule has 1 aromatic rings. The van der Waals surface area contributed by atoms with Crippen molar-refractivity contribution in [1.82, 2.24) is 10.3 Å². The number of carbonyl (C=O) groups is 1. The molecule has 1 amide bonds. The van der Waals surface area contributed by atoms with Crippen LogP contribution in [0.2, 0.25) is 0 Å². The van der Waals surface area contributed by atoms with Gasteiger partial charge in [-0.3, -0.25) is 4.79 Å². The predicted molar refractivity (Wildman–Crippen MR) is 73.9 cm³/mol. The molecule has 1 fully saturated rings. The number of hydrogen-bond acceptors (Lipinski definition) is 4. The molecule has 1 saturated heterocycles. The van der Waals surface area contributed by atoms with E-state index in [1.165, 1.54) is 0 Å². The third kappa shape index (κ3) is 2.71. The van der Waals surface area contributed by atoms with Crippen molar-refractivity contribution in [3.05, 3.63) is 23.9 Å². The van der Waals surface area contributed by atoms with E-state index < -0.39 is 6.10 Å². The number of hydrogen-bond donors (Lipinski definition) is 2. The second-order valence-corrected chi connectivity index (χ2v) is 5.44. The Balaban J connectivity index is 2.10. The highest BCUT2D eigenvalue weighted by atomic mass is 16.3. The first-order valence-electron chi connectivity index (χ1n) is 6.57. The van der Waals surface area contributed by atoms with E-state index >= 15 is 0 Å². The van der Waals surface area contributed by atoms with Gasteiger partial charge in [0.1, 0.15) is 5.82 Å². The average molecular weight is 263 g/mol. The molecule has 5 nitrogen and oxygen atoms in total. The minimum atomic E-state index is -0.503. The van der Waals surface area contributed by atoms with Crippen molar-refractivity contribution in [1.29, 1.82) is 0 Å². The largest absolute Gasteiger partial charge is 0.389 e. The molecule has 0 bridgehead atoms. The Morgan fingerprint density at radius 1 is 1.58 bits per heavy atom. The van der Waals surface area contributed by atoms with E-state index in [0.29, 0.717) is 6.54 Å². The van der Waals surface area contributed by atoms with Crippen molar-refractivity contribution in [3.63, 3.8) is 0 Å². The number of aliphatic hydroxyl groups excluding tert-OH is 1. The number of amides is 1. The SMILES string of the molecule is CNC(=O)C1(C)CCN(c2ccc(C(C)O)cn2)C1. The van der Waals surface area contributed by atoms with Gasteiger partial charge in [-0.05, 0) is 31.9 Å². The van der Waals surface area contributed by atoms with Crippen LogP contribution in [0.5, 0.6) is 0 Å². The number of rotatable bonds is 3. The van der Waals surface area contributed by atoms with Gasteiger partial charge in [-0.15, -0.1) is 0 Å². The average Bonchev–Trinajstić information content (AvgIpc) is 2.82. The molecule has 2 rings (SSSR count). The molecule has 0 spiro atoms. The fraction of sp³-hybridized carbons (Fsp3) is 0.571. The van der Waals surface area contributed by atoms with Crippen LogP contribution in [-0.4, -0.2) is 36.1 Å². The van der Waals surface area contributed by atoms with Gasteiger partial charge in [-0.2, -0.15) is 0 Å². The number of anilines is 1. The fourth-order valence-electron chi connectivity index (χ4n) is 2.48. The summed E-state index contributed by atoms with van der Waals surface area (Å²) in [4.78, 5) is 18.3. The summed E-state index contributed by atoms with van der Waals surface area (Å²) in [6, 6.07) is 3.78.